The van der Waals surface area contributed by atoms with Gasteiger partial charge in [-0.15, -0.1) is 11.3 Å². The molecule has 4 heteroatoms. The molecule has 0 aliphatic heterocycles. The van der Waals surface area contributed by atoms with Gasteiger partial charge in [-0.3, -0.25) is 4.79 Å². The molecule has 1 aromatic heterocycles. The molecule has 0 unspecified atom stereocenters. The Bertz CT molecular complexity index is 384. The maximum Gasteiger partial charge on any atom is 0.263 e. The van der Waals surface area contributed by atoms with E-state index in [-0.39, 0.29) is 5.91 Å². The SMILES string of the molecule is CN(C)C(=O)c1ccc(C#CCN)s1. The third kappa shape index (κ3) is 2.59. The van der Waals surface area contributed by atoms with Gasteiger partial charge in [0.2, 0.25) is 0 Å². The Hall–Kier alpha value is -1.31. The molecular formula is C10H12N2OS. The van der Waals surface area contributed by atoms with Gasteiger partial charge in [-0.25, -0.2) is 0 Å². The highest BCUT2D eigenvalue weighted by molar-refractivity contribution is 7.14. The van der Waals surface area contributed by atoms with Gasteiger partial charge >= 0.3 is 0 Å². The van der Waals surface area contributed by atoms with Crippen molar-refractivity contribution < 1.29 is 4.79 Å². The summed E-state index contributed by atoms with van der Waals surface area (Å²) in [5, 5.41) is 0. The lowest BCUT2D eigenvalue weighted by atomic mass is 10.4. The molecule has 0 atom stereocenters. The number of carbonyl (C=O) groups excluding carboxylic acids is 1. The van der Waals surface area contributed by atoms with Crippen LogP contribution >= 0.6 is 11.3 Å². The predicted molar refractivity (Wildman–Crippen MR) is 58.3 cm³/mol. The molecule has 0 radical (unpaired) electrons. The Morgan fingerprint density at radius 2 is 2.29 bits per heavy atom. The summed E-state index contributed by atoms with van der Waals surface area (Å²) in [6, 6.07) is 3.62. The third-order valence-corrected chi connectivity index (χ3v) is 2.53. The zero-order chi connectivity index (χ0) is 10.6. The van der Waals surface area contributed by atoms with Crippen LogP contribution in [0.5, 0.6) is 0 Å². The number of carbonyl (C=O) groups is 1. The average molecular weight is 208 g/mol. The van der Waals surface area contributed by atoms with Crippen molar-refractivity contribution >= 4 is 17.2 Å². The lowest BCUT2D eigenvalue weighted by molar-refractivity contribution is 0.0832. The second kappa shape index (κ2) is 4.80. The molecule has 2 N–H and O–H groups in total. The molecule has 14 heavy (non-hydrogen) atoms. The summed E-state index contributed by atoms with van der Waals surface area (Å²) in [7, 11) is 3.46. The molecule has 0 bridgehead atoms. The highest BCUT2D eigenvalue weighted by Crippen LogP contribution is 2.16. The van der Waals surface area contributed by atoms with Crippen LogP contribution in [0.25, 0.3) is 0 Å². The van der Waals surface area contributed by atoms with E-state index < -0.39 is 0 Å². The topological polar surface area (TPSA) is 46.3 Å². The first-order valence-corrected chi connectivity index (χ1v) is 4.97. The van der Waals surface area contributed by atoms with Crippen molar-refractivity contribution in [2.75, 3.05) is 20.6 Å². The Balaban J connectivity index is 2.83. The van der Waals surface area contributed by atoms with E-state index in [9.17, 15) is 4.79 Å². The Labute approximate surface area is 87.5 Å². The quantitative estimate of drug-likeness (QED) is 0.693. The smallest absolute Gasteiger partial charge is 0.263 e. The highest BCUT2D eigenvalue weighted by Gasteiger charge is 2.09. The fourth-order valence-electron chi connectivity index (χ4n) is 0.879. The van der Waals surface area contributed by atoms with Gasteiger partial charge in [-0.05, 0) is 12.1 Å². The third-order valence-electron chi connectivity index (χ3n) is 1.54. The minimum Gasteiger partial charge on any atom is -0.344 e. The zero-order valence-corrected chi connectivity index (χ0v) is 9.02. The number of thiophene rings is 1. The molecule has 3 nitrogen and oxygen atoms in total. The van der Waals surface area contributed by atoms with Crippen molar-refractivity contribution in [2.24, 2.45) is 5.73 Å². The summed E-state index contributed by atoms with van der Waals surface area (Å²) in [5.74, 6) is 5.65. The predicted octanol–water partition coefficient (Wildman–Crippen LogP) is 0.760. The van der Waals surface area contributed by atoms with E-state index in [1.165, 1.54) is 11.3 Å². The first-order chi connectivity index (χ1) is 6.65. The van der Waals surface area contributed by atoms with E-state index in [2.05, 4.69) is 11.8 Å². The summed E-state index contributed by atoms with van der Waals surface area (Å²) in [6.45, 7) is 0.342. The fourth-order valence-corrected chi connectivity index (χ4v) is 1.78. The zero-order valence-electron chi connectivity index (χ0n) is 8.20. The van der Waals surface area contributed by atoms with Crippen molar-refractivity contribution in [1.29, 1.82) is 0 Å². The molecule has 1 amide bonds. The molecule has 0 aliphatic rings. The number of hydrogen-bond acceptors (Lipinski definition) is 3. The van der Waals surface area contributed by atoms with Crippen LogP contribution in [0.1, 0.15) is 14.5 Å². The molecule has 0 fully saturated rings. The number of rotatable bonds is 1. The van der Waals surface area contributed by atoms with Gasteiger partial charge in [0.15, 0.2) is 0 Å². The minimum atomic E-state index is 0.01000. The maximum absolute atomic E-state index is 11.5. The molecule has 0 saturated heterocycles. The Morgan fingerprint density at radius 3 is 2.86 bits per heavy atom. The van der Waals surface area contributed by atoms with Crippen molar-refractivity contribution in [3.05, 3.63) is 21.9 Å². The van der Waals surface area contributed by atoms with Crippen LogP contribution in [-0.4, -0.2) is 31.4 Å². The van der Waals surface area contributed by atoms with E-state index in [0.717, 1.165) is 4.88 Å². The maximum atomic E-state index is 11.5. The van der Waals surface area contributed by atoms with Crippen molar-refractivity contribution in [3.63, 3.8) is 0 Å². The summed E-state index contributed by atoms with van der Waals surface area (Å²) in [5.41, 5.74) is 5.25. The van der Waals surface area contributed by atoms with E-state index in [1.54, 1.807) is 25.1 Å². The minimum absolute atomic E-state index is 0.01000. The molecule has 1 aromatic rings. The Morgan fingerprint density at radius 1 is 1.57 bits per heavy atom. The van der Waals surface area contributed by atoms with Gasteiger partial charge in [0.05, 0.1) is 16.3 Å². The largest absolute Gasteiger partial charge is 0.344 e. The average Bonchev–Trinajstić information content (AvgIpc) is 2.61. The fraction of sp³-hybridized carbons (Fsp3) is 0.300. The van der Waals surface area contributed by atoms with Gasteiger partial charge in [0.1, 0.15) is 0 Å². The van der Waals surface area contributed by atoms with E-state index in [1.807, 2.05) is 6.07 Å². The molecule has 74 valence electrons. The summed E-state index contributed by atoms with van der Waals surface area (Å²) in [4.78, 5) is 14.6. The van der Waals surface area contributed by atoms with Crippen LogP contribution in [0, 0.1) is 11.8 Å². The van der Waals surface area contributed by atoms with Crippen LogP contribution in [0.15, 0.2) is 12.1 Å². The molecule has 0 aromatic carbocycles. The van der Waals surface area contributed by atoms with Crippen LogP contribution in [-0.2, 0) is 0 Å². The van der Waals surface area contributed by atoms with Crippen LogP contribution in [0.3, 0.4) is 0 Å². The molecular weight excluding hydrogens is 196 g/mol. The first-order valence-electron chi connectivity index (χ1n) is 4.15. The normalized spacial score (nSPS) is 9.07. The summed E-state index contributed by atoms with van der Waals surface area (Å²) in [6.07, 6.45) is 0. The second-order valence-corrected chi connectivity index (χ2v) is 3.95. The second-order valence-electron chi connectivity index (χ2n) is 2.87. The van der Waals surface area contributed by atoms with E-state index in [4.69, 9.17) is 5.73 Å². The summed E-state index contributed by atoms with van der Waals surface area (Å²) < 4.78 is 0. The van der Waals surface area contributed by atoms with E-state index >= 15 is 0 Å². The number of hydrogen-bond donors (Lipinski definition) is 1. The molecule has 1 rings (SSSR count). The number of nitrogens with zero attached hydrogens (tertiary/aromatic N) is 1. The van der Waals surface area contributed by atoms with Gasteiger partial charge in [0, 0.05) is 14.1 Å². The standard InChI is InChI=1S/C10H12N2OS/c1-12(2)10(13)9-6-5-8(14-9)4-3-7-11/h5-6H,7,11H2,1-2H3. The molecule has 0 aliphatic carbocycles. The van der Waals surface area contributed by atoms with Gasteiger partial charge in [-0.1, -0.05) is 11.8 Å². The highest BCUT2D eigenvalue weighted by atomic mass is 32.1. The lowest BCUT2D eigenvalue weighted by Gasteiger charge is -2.06. The molecule has 1 heterocycles. The number of nitrogens with two attached hydrogens (primary N) is 1. The van der Waals surface area contributed by atoms with Crippen molar-refractivity contribution in [2.45, 2.75) is 0 Å². The van der Waals surface area contributed by atoms with E-state index in [0.29, 0.717) is 11.4 Å². The van der Waals surface area contributed by atoms with Gasteiger partial charge in [0.25, 0.3) is 5.91 Å². The van der Waals surface area contributed by atoms with Gasteiger partial charge in [-0.2, -0.15) is 0 Å². The van der Waals surface area contributed by atoms with Crippen molar-refractivity contribution in [1.82, 2.24) is 4.90 Å². The van der Waals surface area contributed by atoms with Gasteiger partial charge < -0.3 is 10.6 Å². The Kier molecular flexibility index (Phi) is 3.69. The van der Waals surface area contributed by atoms with Crippen LogP contribution in [0.4, 0.5) is 0 Å². The van der Waals surface area contributed by atoms with Crippen LogP contribution in [0.2, 0.25) is 0 Å². The van der Waals surface area contributed by atoms with Crippen molar-refractivity contribution in [3.8, 4) is 11.8 Å². The lowest BCUT2D eigenvalue weighted by Crippen LogP contribution is -2.20. The van der Waals surface area contributed by atoms with Crippen LogP contribution < -0.4 is 5.73 Å². The molecule has 0 saturated carbocycles. The summed E-state index contributed by atoms with van der Waals surface area (Å²) >= 11 is 1.39. The first kappa shape index (κ1) is 10.8. The molecule has 0 spiro atoms. The monoisotopic (exact) mass is 208 g/mol. The number of amides is 1.